The van der Waals surface area contributed by atoms with Gasteiger partial charge in [0.2, 0.25) is 0 Å². The van der Waals surface area contributed by atoms with Crippen LogP contribution in [0, 0.1) is 5.82 Å². The van der Waals surface area contributed by atoms with Gasteiger partial charge in [0.05, 0.1) is 17.1 Å². The largest absolute Gasteiger partial charge is 0.392 e. The first-order chi connectivity index (χ1) is 8.45. The molecule has 0 aliphatic rings. The maximum Gasteiger partial charge on any atom is 0.257 e. The van der Waals surface area contributed by atoms with E-state index < -0.39 is 11.7 Å². The standard InChI is InChI=1S/C12H14BrFN2OS/c1-2-5-16(7-11(15)18)12(17)9-4-3-8(13)6-10(9)14/h3-4,6H,2,5,7H2,1H3,(H2,15,18). The zero-order chi connectivity index (χ0) is 13.7. The molecule has 0 aliphatic heterocycles. The second kappa shape index (κ2) is 6.80. The van der Waals surface area contributed by atoms with Gasteiger partial charge in [-0.15, -0.1) is 0 Å². The first kappa shape index (κ1) is 15.0. The van der Waals surface area contributed by atoms with Crippen LogP contribution < -0.4 is 5.73 Å². The van der Waals surface area contributed by atoms with Gasteiger partial charge in [-0.1, -0.05) is 35.1 Å². The van der Waals surface area contributed by atoms with Crippen molar-refractivity contribution in [3.8, 4) is 0 Å². The van der Waals surface area contributed by atoms with E-state index in [0.717, 1.165) is 6.42 Å². The van der Waals surface area contributed by atoms with Crippen molar-refractivity contribution in [1.82, 2.24) is 4.90 Å². The third kappa shape index (κ3) is 4.03. The highest BCUT2D eigenvalue weighted by Gasteiger charge is 2.19. The summed E-state index contributed by atoms with van der Waals surface area (Å²) in [6, 6.07) is 4.34. The molecule has 0 atom stereocenters. The van der Waals surface area contributed by atoms with Gasteiger partial charge >= 0.3 is 0 Å². The molecule has 0 heterocycles. The third-order valence-electron chi connectivity index (χ3n) is 2.29. The maximum absolute atomic E-state index is 13.7. The summed E-state index contributed by atoms with van der Waals surface area (Å²) in [6.45, 7) is 2.58. The van der Waals surface area contributed by atoms with Crippen LogP contribution in [0.1, 0.15) is 23.7 Å². The van der Waals surface area contributed by atoms with E-state index >= 15 is 0 Å². The number of nitrogens with two attached hydrogens (primary N) is 1. The van der Waals surface area contributed by atoms with E-state index in [-0.39, 0.29) is 17.1 Å². The number of carbonyl (C=O) groups is 1. The lowest BCUT2D eigenvalue weighted by atomic mass is 10.2. The SMILES string of the molecule is CCCN(CC(N)=S)C(=O)c1ccc(Br)cc1F. The van der Waals surface area contributed by atoms with Gasteiger partial charge in [-0.3, -0.25) is 4.79 Å². The molecule has 0 aromatic heterocycles. The summed E-state index contributed by atoms with van der Waals surface area (Å²) in [4.78, 5) is 13.8. The number of hydrogen-bond donors (Lipinski definition) is 1. The van der Waals surface area contributed by atoms with Crippen LogP contribution >= 0.6 is 28.1 Å². The van der Waals surface area contributed by atoms with Gasteiger partial charge in [0, 0.05) is 11.0 Å². The number of thiocarbonyl (C=S) groups is 1. The van der Waals surface area contributed by atoms with Gasteiger partial charge < -0.3 is 10.6 Å². The van der Waals surface area contributed by atoms with Gasteiger partial charge in [0.25, 0.3) is 5.91 Å². The molecule has 2 N–H and O–H groups in total. The predicted molar refractivity (Wildman–Crippen MR) is 77.1 cm³/mol. The average Bonchev–Trinajstić information content (AvgIpc) is 2.27. The molecule has 1 aromatic carbocycles. The Kier molecular flexibility index (Phi) is 5.68. The molecule has 0 bridgehead atoms. The quantitative estimate of drug-likeness (QED) is 0.843. The summed E-state index contributed by atoms with van der Waals surface area (Å²) >= 11 is 7.94. The number of benzene rings is 1. The Morgan fingerprint density at radius 3 is 2.72 bits per heavy atom. The van der Waals surface area contributed by atoms with Crippen LogP contribution in [0.2, 0.25) is 0 Å². The van der Waals surface area contributed by atoms with Crippen molar-refractivity contribution in [3.63, 3.8) is 0 Å². The monoisotopic (exact) mass is 332 g/mol. The lowest BCUT2D eigenvalue weighted by Gasteiger charge is -2.21. The second-order valence-corrected chi connectivity index (χ2v) is 5.26. The van der Waals surface area contributed by atoms with E-state index in [0.29, 0.717) is 11.0 Å². The van der Waals surface area contributed by atoms with E-state index in [9.17, 15) is 9.18 Å². The molecular formula is C12H14BrFN2OS. The zero-order valence-electron chi connectivity index (χ0n) is 9.95. The fourth-order valence-electron chi connectivity index (χ4n) is 1.54. The zero-order valence-corrected chi connectivity index (χ0v) is 12.4. The van der Waals surface area contributed by atoms with Crippen LogP contribution in [0.4, 0.5) is 4.39 Å². The molecule has 0 spiro atoms. The number of carbonyl (C=O) groups excluding carboxylic acids is 1. The normalized spacial score (nSPS) is 10.2. The van der Waals surface area contributed by atoms with Gasteiger partial charge in [0.1, 0.15) is 5.82 Å². The highest BCUT2D eigenvalue weighted by Crippen LogP contribution is 2.17. The van der Waals surface area contributed by atoms with Crippen molar-refractivity contribution >= 4 is 39.0 Å². The lowest BCUT2D eigenvalue weighted by molar-refractivity contribution is 0.0775. The number of hydrogen-bond acceptors (Lipinski definition) is 2. The van der Waals surface area contributed by atoms with Gasteiger partial charge in [-0.2, -0.15) is 0 Å². The van der Waals surface area contributed by atoms with E-state index in [1.165, 1.54) is 17.0 Å². The average molecular weight is 333 g/mol. The van der Waals surface area contributed by atoms with Gasteiger partial charge in [-0.25, -0.2) is 4.39 Å². The van der Waals surface area contributed by atoms with E-state index in [1.807, 2.05) is 6.92 Å². The molecule has 3 nitrogen and oxygen atoms in total. The summed E-state index contributed by atoms with van der Waals surface area (Å²) < 4.78 is 14.3. The molecule has 0 radical (unpaired) electrons. The van der Waals surface area contributed by atoms with E-state index in [2.05, 4.69) is 15.9 Å². The molecule has 0 unspecified atom stereocenters. The second-order valence-electron chi connectivity index (χ2n) is 3.82. The summed E-state index contributed by atoms with van der Waals surface area (Å²) in [5.41, 5.74) is 5.47. The Hall–Kier alpha value is -1.01. The van der Waals surface area contributed by atoms with Crippen LogP contribution in [-0.4, -0.2) is 28.9 Å². The third-order valence-corrected chi connectivity index (χ3v) is 2.91. The first-order valence-electron chi connectivity index (χ1n) is 5.48. The summed E-state index contributed by atoms with van der Waals surface area (Å²) in [6.07, 6.45) is 0.756. The van der Waals surface area contributed by atoms with Crippen molar-refractivity contribution in [2.24, 2.45) is 5.73 Å². The number of nitrogens with zero attached hydrogens (tertiary/aromatic N) is 1. The van der Waals surface area contributed by atoms with E-state index in [4.69, 9.17) is 18.0 Å². The number of rotatable bonds is 5. The highest BCUT2D eigenvalue weighted by atomic mass is 79.9. The minimum atomic E-state index is -0.557. The van der Waals surface area contributed by atoms with Crippen LogP contribution in [-0.2, 0) is 0 Å². The Labute approximate surface area is 119 Å². The fourth-order valence-corrected chi connectivity index (χ4v) is 2.03. The van der Waals surface area contributed by atoms with Crippen molar-refractivity contribution in [2.45, 2.75) is 13.3 Å². The Morgan fingerprint density at radius 1 is 1.56 bits per heavy atom. The molecule has 0 fully saturated rings. The van der Waals surface area contributed by atoms with Crippen molar-refractivity contribution < 1.29 is 9.18 Å². The predicted octanol–water partition coefficient (Wildman–Crippen LogP) is 2.73. The van der Waals surface area contributed by atoms with Crippen molar-refractivity contribution in [3.05, 3.63) is 34.1 Å². The summed E-state index contributed by atoms with van der Waals surface area (Å²) in [7, 11) is 0. The number of amides is 1. The summed E-state index contributed by atoms with van der Waals surface area (Å²) in [5, 5.41) is 0. The van der Waals surface area contributed by atoms with Crippen molar-refractivity contribution in [1.29, 1.82) is 0 Å². The summed E-state index contributed by atoms with van der Waals surface area (Å²) in [5.74, 6) is -0.951. The molecule has 18 heavy (non-hydrogen) atoms. The molecule has 6 heteroatoms. The molecule has 1 rings (SSSR count). The molecule has 1 amide bonds. The number of halogens is 2. The molecule has 0 aliphatic carbocycles. The molecule has 1 aromatic rings. The molecule has 98 valence electrons. The van der Waals surface area contributed by atoms with Gasteiger partial charge in [-0.05, 0) is 24.6 Å². The lowest BCUT2D eigenvalue weighted by Crippen LogP contribution is -2.38. The molecular weight excluding hydrogens is 319 g/mol. The Balaban J connectivity index is 2.97. The molecule has 0 saturated heterocycles. The first-order valence-corrected chi connectivity index (χ1v) is 6.68. The topological polar surface area (TPSA) is 46.3 Å². The minimum Gasteiger partial charge on any atom is -0.392 e. The smallest absolute Gasteiger partial charge is 0.257 e. The van der Waals surface area contributed by atoms with Gasteiger partial charge in [0.15, 0.2) is 0 Å². The molecule has 0 saturated carbocycles. The minimum absolute atomic E-state index is 0.0305. The Morgan fingerprint density at radius 2 is 2.22 bits per heavy atom. The van der Waals surface area contributed by atoms with Crippen LogP contribution in [0.25, 0.3) is 0 Å². The highest BCUT2D eigenvalue weighted by molar-refractivity contribution is 9.10. The van der Waals surface area contributed by atoms with Crippen LogP contribution in [0.3, 0.4) is 0 Å². The maximum atomic E-state index is 13.7. The fraction of sp³-hybridized carbons (Fsp3) is 0.333. The van der Waals surface area contributed by atoms with Crippen LogP contribution in [0.5, 0.6) is 0 Å². The van der Waals surface area contributed by atoms with Crippen molar-refractivity contribution in [2.75, 3.05) is 13.1 Å². The van der Waals surface area contributed by atoms with Crippen LogP contribution in [0.15, 0.2) is 22.7 Å². The van der Waals surface area contributed by atoms with E-state index in [1.54, 1.807) is 6.07 Å². The Bertz CT molecular complexity index is 467.